The Morgan fingerprint density at radius 1 is 1.38 bits per heavy atom. The maximum Gasteiger partial charge on any atom is 0.240 e. The third kappa shape index (κ3) is 3.48. The summed E-state index contributed by atoms with van der Waals surface area (Å²) in [4.78, 5) is 14.1. The van der Waals surface area contributed by atoms with Crippen molar-refractivity contribution in [1.29, 1.82) is 0 Å². The molecule has 0 aliphatic carbocycles. The fourth-order valence-corrected chi connectivity index (χ4v) is 2.31. The molecule has 1 saturated heterocycles. The molecular formula is C13H26N2O. The molecule has 1 aliphatic rings. The van der Waals surface area contributed by atoms with Crippen LogP contribution >= 0.6 is 0 Å². The summed E-state index contributed by atoms with van der Waals surface area (Å²) in [5.74, 6) is 1.03. The van der Waals surface area contributed by atoms with Crippen LogP contribution in [-0.4, -0.2) is 36.0 Å². The molecule has 0 aromatic carbocycles. The summed E-state index contributed by atoms with van der Waals surface area (Å²) in [5.41, 5.74) is 0. The molecule has 1 aliphatic heterocycles. The van der Waals surface area contributed by atoms with E-state index in [-0.39, 0.29) is 6.04 Å². The second kappa shape index (κ2) is 6.24. The second-order valence-electron chi connectivity index (χ2n) is 5.25. The molecule has 3 nitrogen and oxygen atoms in total. The summed E-state index contributed by atoms with van der Waals surface area (Å²) in [7, 11) is 0. The van der Waals surface area contributed by atoms with Crippen LogP contribution in [0.15, 0.2) is 0 Å². The van der Waals surface area contributed by atoms with Crippen molar-refractivity contribution in [1.82, 2.24) is 10.2 Å². The number of hydrogen-bond acceptors (Lipinski definition) is 2. The molecule has 2 unspecified atom stereocenters. The normalized spacial score (nSPS) is 23.2. The highest BCUT2D eigenvalue weighted by Gasteiger charge is 2.33. The number of carbonyl (C=O) groups excluding carboxylic acids is 1. The molecule has 1 heterocycles. The lowest BCUT2D eigenvalue weighted by Gasteiger charge is -2.25. The number of likely N-dealkylation sites (N-methyl/N-ethyl adjacent to an activating group) is 1. The summed E-state index contributed by atoms with van der Waals surface area (Å²) in [6.07, 6.45) is 3.30. The van der Waals surface area contributed by atoms with Crippen molar-refractivity contribution in [2.24, 2.45) is 5.92 Å². The standard InChI is InChI=1S/C13H26N2O/c1-5-14-12-8-9-15(13(12)16)11(4)7-6-10(2)3/h10-12,14H,5-9H2,1-4H3. The summed E-state index contributed by atoms with van der Waals surface area (Å²) < 4.78 is 0. The molecule has 0 radical (unpaired) electrons. The summed E-state index contributed by atoms with van der Waals surface area (Å²) in [5, 5.41) is 3.25. The number of hydrogen-bond donors (Lipinski definition) is 1. The number of carbonyl (C=O) groups is 1. The van der Waals surface area contributed by atoms with Gasteiger partial charge in [-0.3, -0.25) is 4.79 Å². The number of nitrogens with one attached hydrogen (secondary N) is 1. The largest absolute Gasteiger partial charge is 0.339 e. The Morgan fingerprint density at radius 2 is 2.06 bits per heavy atom. The third-order valence-corrected chi connectivity index (χ3v) is 3.38. The van der Waals surface area contributed by atoms with Crippen LogP contribution in [0.2, 0.25) is 0 Å². The highest BCUT2D eigenvalue weighted by molar-refractivity contribution is 5.84. The number of likely N-dealkylation sites (tertiary alicyclic amines) is 1. The molecule has 0 bridgehead atoms. The second-order valence-corrected chi connectivity index (χ2v) is 5.25. The van der Waals surface area contributed by atoms with Gasteiger partial charge in [-0.05, 0) is 38.6 Å². The van der Waals surface area contributed by atoms with E-state index in [0.717, 1.165) is 31.8 Å². The number of amides is 1. The van der Waals surface area contributed by atoms with Gasteiger partial charge in [0.1, 0.15) is 0 Å². The Hall–Kier alpha value is -0.570. The summed E-state index contributed by atoms with van der Waals surface area (Å²) >= 11 is 0. The topological polar surface area (TPSA) is 32.3 Å². The highest BCUT2D eigenvalue weighted by atomic mass is 16.2. The van der Waals surface area contributed by atoms with Gasteiger partial charge in [0.2, 0.25) is 5.91 Å². The van der Waals surface area contributed by atoms with Crippen LogP contribution < -0.4 is 5.32 Å². The van der Waals surface area contributed by atoms with Crippen LogP contribution in [0.5, 0.6) is 0 Å². The van der Waals surface area contributed by atoms with E-state index >= 15 is 0 Å². The van der Waals surface area contributed by atoms with Crippen molar-refractivity contribution in [3.05, 3.63) is 0 Å². The smallest absolute Gasteiger partial charge is 0.240 e. The molecule has 1 rings (SSSR count). The molecule has 3 heteroatoms. The van der Waals surface area contributed by atoms with Gasteiger partial charge in [0.15, 0.2) is 0 Å². The van der Waals surface area contributed by atoms with Gasteiger partial charge in [0.25, 0.3) is 0 Å². The van der Waals surface area contributed by atoms with Crippen LogP contribution in [0.3, 0.4) is 0 Å². The first-order valence-electron chi connectivity index (χ1n) is 6.60. The van der Waals surface area contributed by atoms with E-state index in [9.17, 15) is 4.79 Å². The molecule has 1 fully saturated rings. The summed E-state index contributed by atoms with van der Waals surface area (Å²) in [6, 6.07) is 0.477. The van der Waals surface area contributed by atoms with Crippen molar-refractivity contribution in [2.75, 3.05) is 13.1 Å². The lowest BCUT2D eigenvalue weighted by Crippen LogP contribution is -2.41. The van der Waals surface area contributed by atoms with E-state index in [1.165, 1.54) is 6.42 Å². The Morgan fingerprint density at radius 3 is 2.62 bits per heavy atom. The van der Waals surface area contributed by atoms with Crippen molar-refractivity contribution >= 4 is 5.91 Å². The van der Waals surface area contributed by atoms with Crippen molar-refractivity contribution in [3.63, 3.8) is 0 Å². The van der Waals surface area contributed by atoms with E-state index in [1.807, 2.05) is 0 Å². The molecule has 0 aromatic rings. The average Bonchev–Trinajstić information content (AvgIpc) is 2.58. The van der Waals surface area contributed by atoms with Gasteiger partial charge in [-0.15, -0.1) is 0 Å². The van der Waals surface area contributed by atoms with Crippen LogP contribution in [-0.2, 0) is 4.79 Å². The van der Waals surface area contributed by atoms with Gasteiger partial charge >= 0.3 is 0 Å². The first-order valence-corrected chi connectivity index (χ1v) is 6.60. The van der Waals surface area contributed by atoms with Gasteiger partial charge in [-0.1, -0.05) is 20.8 Å². The zero-order valence-electron chi connectivity index (χ0n) is 11.1. The fraction of sp³-hybridized carbons (Fsp3) is 0.923. The van der Waals surface area contributed by atoms with Crippen LogP contribution in [0, 0.1) is 5.92 Å². The first kappa shape index (κ1) is 13.5. The van der Waals surface area contributed by atoms with Crippen LogP contribution in [0.4, 0.5) is 0 Å². The molecule has 1 N–H and O–H groups in total. The molecule has 0 aromatic heterocycles. The third-order valence-electron chi connectivity index (χ3n) is 3.38. The van der Waals surface area contributed by atoms with E-state index in [0.29, 0.717) is 11.9 Å². The van der Waals surface area contributed by atoms with E-state index in [1.54, 1.807) is 0 Å². The highest BCUT2D eigenvalue weighted by Crippen LogP contribution is 2.18. The molecular weight excluding hydrogens is 200 g/mol. The van der Waals surface area contributed by atoms with Crippen molar-refractivity contribution in [3.8, 4) is 0 Å². The Labute approximate surface area is 99.6 Å². The van der Waals surface area contributed by atoms with E-state index < -0.39 is 0 Å². The minimum Gasteiger partial charge on any atom is -0.339 e. The van der Waals surface area contributed by atoms with E-state index in [2.05, 4.69) is 37.9 Å². The molecule has 1 amide bonds. The lowest BCUT2D eigenvalue weighted by atomic mass is 10.0. The zero-order chi connectivity index (χ0) is 12.1. The van der Waals surface area contributed by atoms with Gasteiger partial charge in [0.05, 0.1) is 6.04 Å². The minimum atomic E-state index is 0.0755. The van der Waals surface area contributed by atoms with Gasteiger partial charge in [-0.25, -0.2) is 0 Å². The molecule has 16 heavy (non-hydrogen) atoms. The number of nitrogens with zero attached hydrogens (tertiary/aromatic N) is 1. The fourth-order valence-electron chi connectivity index (χ4n) is 2.31. The average molecular weight is 226 g/mol. The number of rotatable bonds is 6. The van der Waals surface area contributed by atoms with Gasteiger partial charge in [0, 0.05) is 12.6 Å². The molecule has 2 atom stereocenters. The van der Waals surface area contributed by atoms with Crippen molar-refractivity contribution < 1.29 is 4.79 Å². The lowest BCUT2D eigenvalue weighted by molar-refractivity contribution is -0.131. The predicted octanol–water partition coefficient (Wildman–Crippen LogP) is 2.02. The first-order chi connectivity index (χ1) is 7.56. The maximum absolute atomic E-state index is 12.0. The molecule has 0 spiro atoms. The SMILES string of the molecule is CCNC1CCN(C(C)CCC(C)C)C1=O. The van der Waals surface area contributed by atoms with Gasteiger partial charge < -0.3 is 10.2 Å². The molecule has 94 valence electrons. The maximum atomic E-state index is 12.0. The Kier molecular flexibility index (Phi) is 5.26. The van der Waals surface area contributed by atoms with Crippen LogP contribution in [0.25, 0.3) is 0 Å². The van der Waals surface area contributed by atoms with Crippen LogP contribution in [0.1, 0.15) is 47.0 Å². The predicted molar refractivity (Wildman–Crippen MR) is 67.3 cm³/mol. The summed E-state index contributed by atoms with van der Waals surface area (Å²) in [6.45, 7) is 10.5. The Bertz CT molecular complexity index is 228. The van der Waals surface area contributed by atoms with E-state index in [4.69, 9.17) is 0 Å². The molecule has 0 saturated carbocycles. The van der Waals surface area contributed by atoms with Crippen molar-refractivity contribution in [2.45, 2.75) is 59.0 Å². The zero-order valence-corrected chi connectivity index (χ0v) is 11.1. The quantitative estimate of drug-likeness (QED) is 0.751. The Balaban J connectivity index is 2.40. The van der Waals surface area contributed by atoms with Gasteiger partial charge in [-0.2, -0.15) is 0 Å². The monoisotopic (exact) mass is 226 g/mol. The minimum absolute atomic E-state index is 0.0755.